The first-order valence-electron chi connectivity index (χ1n) is 7.39. The van der Waals surface area contributed by atoms with Gasteiger partial charge < -0.3 is 9.47 Å². The van der Waals surface area contributed by atoms with Crippen molar-refractivity contribution in [3.05, 3.63) is 53.8 Å². The first kappa shape index (κ1) is 13.4. The van der Waals surface area contributed by atoms with Crippen LogP contribution in [0.25, 0.3) is 16.3 Å². The molecule has 1 aliphatic rings. The monoisotopic (exact) mass is 337 g/mol. The zero-order chi connectivity index (χ0) is 15.9. The molecular weight excluding hydrogens is 326 g/mol. The zero-order valence-corrected chi connectivity index (χ0v) is 13.2. The Labute approximate surface area is 140 Å². The van der Waals surface area contributed by atoms with Gasteiger partial charge in [-0.05, 0) is 24.3 Å². The third-order valence-corrected chi connectivity index (χ3v) is 4.70. The van der Waals surface area contributed by atoms with Gasteiger partial charge in [-0.3, -0.25) is 4.98 Å². The summed E-state index contributed by atoms with van der Waals surface area (Å²) in [7, 11) is 0. The maximum absolute atomic E-state index is 6.01. The van der Waals surface area contributed by atoms with Crippen molar-refractivity contribution in [2.45, 2.75) is 6.10 Å². The second kappa shape index (κ2) is 5.27. The molecule has 0 amide bonds. The summed E-state index contributed by atoms with van der Waals surface area (Å²) in [5.41, 5.74) is 0.869. The van der Waals surface area contributed by atoms with E-state index in [9.17, 15) is 0 Å². The Morgan fingerprint density at radius 2 is 2.00 bits per heavy atom. The van der Waals surface area contributed by atoms with Gasteiger partial charge in [0.1, 0.15) is 6.61 Å². The number of hydrogen-bond donors (Lipinski definition) is 0. The third-order valence-electron chi connectivity index (χ3n) is 3.71. The normalized spacial score (nSPS) is 16.4. The van der Waals surface area contributed by atoms with E-state index in [1.807, 2.05) is 36.4 Å². The molecule has 3 aromatic heterocycles. The summed E-state index contributed by atoms with van der Waals surface area (Å²) >= 11 is 1.45. The Balaban J connectivity index is 1.52. The third kappa shape index (κ3) is 2.11. The summed E-state index contributed by atoms with van der Waals surface area (Å²) in [6.45, 7) is 0.420. The number of nitrogens with zero attached hydrogens (tertiary/aromatic N) is 5. The van der Waals surface area contributed by atoms with Gasteiger partial charge in [0, 0.05) is 18.0 Å². The maximum atomic E-state index is 6.01. The van der Waals surface area contributed by atoms with E-state index in [0.29, 0.717) is 17.4 Å². The number of ether oxygens (including phenoxy) is 2. The molecule has 0 aliphatic carbocycles. The molecule has 0 fully saturated rings. The highest BCUT2D eigenvalue weighted by atomic mass is 32.1. The fourth-order valence-electron chi connectivity index (χ4n) is 2.58. The van der Waals surface area contributed by atoms with Crippen LogP contribution in [0.5, 0.6) is 11.5 Å². The molecule has 0 saturated heterocycles. The van der Waals surface area contributed by atoms with Crippen LogP contribution in [0.1, 0.15) is 11.1 Å². The van der Waals surface area contributed by atoms with E-state index in [0.717, 1.165) is 22.1 Å². The molecule has 5 rings (SSSR count). The van der Waals surface area contributed by atoms with Crippen molar-refractivity contribution in [3.8, 4) is 22.9 Å². The molecule has 1 aromatic carbocycles. The minimum atomic E-state index is -0.256. The molecule has 7 nitrogen and oxygen atoms in total. The van der Waals surface area contributed by atoms with Crippen LogP contribution in [0.15, 0.2) is 48.8 Å². The van der Waals surface area contributed by atoms with Crippen LogP contribution in [0.4, 0.5) is 0 Å². The zero-order valence-electron chi connectivity index (χ0n) is 12.4. The molecule has 4 heterocycles. The highest BCUT2D eigenvalue weighted by Gasteiger charge is 2.27. The topological polar surface area (TPSA) is 74.4 Å². The number of rotatable bonds is 2. The van der Waals surface area contributed by atoms with Gasteiger partial charge in [0.05, 0.1) is 0 Å². The molecular formula is C16H11N5O2S. The summed E-state index contributed by atoms with van der Waals surface area (Å²) in [6.07, 6.45) is 3.21. The van der Waals surface area contributed by atoms with Crippen LogP contribution >= 0.6 is 11.3 Å². The molecule has 8 heteroatoms. The average molecular weight is 337 g/mol. The molecule has 0 N–H and O–H groups in total. The lowest BCUT2D eigenvalue weighted by Gasteiger charge is -2.24. The van der Waals surface area contributed by atoms with Crippen LogP contribution in [0, 0.1) is 0 Å². The standard InChI is InChI=1S/C16H11N5O2S/c1-2-6-12-11(5-1)22-9-13(23-12)15-20-21-14(18-19-16(21)24-15)10-4-3-7-17-8-10/h1-8,13H,9H2/t13-/m1/s1. The summed E-state index contributed by atoms with van der Waals surface area (Å²) in [4.78, 5) is 4.83. The van der Waals surface area contributed by atoms with Crippen molar-refractivity contribution in [3.63, 3.8) is 0 Å². The summed E-state index contributed by atoms with van der Waals surface area (Å²) in [5, 5.41) is 13.8. The lowest BCUT2D eigenvalue weighted by Crippen LogP contribution is -2.21. The van der Waals surface area contributed by atoms with Crippen LogP contribution in [0.2, 0.25) is 0 Å². The van der Waals surface area contributed by atoms with Gasteiger partial charge in [-0.25, -0.2) is 0 Å². The Kier molecular flexibility index (Phi) is 2.95. The van der Waals surface area contributed by atoms with Gasteiger partial charge >= 0.3 is 0 Å². The van der Waals surface area contributed by atoms with Gasteiger partial charge in [0.15, 0.2) is 28.4 Å². The maximum Gasteiger partial charge on any atom is 0.235 e. The largest absolute Gasteiger partial charge is 0.485 e. The van der Waals surface area contributed by atoms with Crippen LogP contribution < -0.4 is 9.47 Å². The molecule has 4 aromatic rings. The van der Waals surface area contributed by atoms with Crippen LogP contribution in [0.3, 0.4) is 0 Å². The van der Waals surface area contributed by atoms with E-state index in [4.69, 9.17) is 9.47 Å². The molecule has 0 saturated carbocycles. The lowest BCUT2D eigenvalue weighted by atomic mass is 10.2. The van der Waals surface area contributed by atoms with Crippen molar-refractivity contribution in [1.29, 1.82) is 0 Å². The molecule has 0 bridgehead atoms. The average Bonchev–Trinajstić information content (AvgIpc) is 3.23. The number of benzene rings is 1. The second-order valence-electron chi connectivity index (χ2n) is 5.26. The van der Waals surface area contributed by atoms with E-state index in [2.05, 4.69) is 20.3 Å². The number of fused-ring (bicyclic) bond motifs is 2. The van der Waals surface area contributed by atoms with Crippen LogP contribution in [-0.4, -0.2) is 31.4 Å². The van der Waals surface area contributed by atoms with Crippen LogP contribution in [-0.2, 0) is 0 Å². The molecule has 1 aliphatic heterocycles. The molecule has 118 valence electrons. The smallest absolute Gasteiger partial charge is 0.235 e. The Bertz CT molecular complexity index is 1010. The van der Waals surface area contributed by atoms with Crippen molar-refractivity contribution in [1.82, 2.24) is 24.8 Å². The van der Waals surface area contributed by atoms with Gasteiger partial charge in [0.2, 0.25) is 4.96 Å². The number of pyridine rings is 1. The predicted octanol–water partition coefficient (Wildman–Crippen LogP) is 2.76. The fraction of sp³-hybridized carbons (Fsp3) is 0.125. The lowest BCUT2D eigenvalue weighted by molar-refractivity contribution is 0.0904. The molecule has 0 radical (unpaired) electrons. The van der Waals surface area contributed by atoms with E-state index in [1.165, 1.54) is 11.3 Å². The van der Waals surface area contributed by atoms with Gasteiger partial charge in [-0.15, -0.1) is 10.2 Å². The number of aromatic nitrogens is 5. The number of para-hydroxylation sites is 2. The molecule has 24 heavy (non-hydrogen) atoms. The fourth-order valence-corrected chi connectivity index (χ4v) is 3.43. The van der Waals surface area contributed by atoms with Crippen molar-refractivity contribution in [2.24, 2.45) is 0 Å². The predicted molar refractivity (Wildman–Crippen MR) is 87.2 cm³/mol. The first-order valence-corrected chi connectivity index (χ1v) is 8.21. The summed E-state index contributed by atoms with van der Waals surface area (Å²) in [5.74, 6) is 2.15. The summed E-state index contributed by atoms with van der Waals surface area (Å²) < 4.78 is 13.5. The number of hydrogen-bond acceptors (Lipinski definition) is 7. The highest BCUT2D eigenvalue weighted by Crippen LogP contribution is 2.37. The SMILES string of the molecule is c1cncc(-c2nnc3sc([C@H]4COc5ccccc5O4)nn23)c1. The van der Waals surface area contributed by atoms with Crippen molar-refractivity contribution >= 4 is 16.3 Å². The Hall–Kier alpha value is -3.00. The van der Waals surface area contributed by atoms with E-state index in [-0.39, 0.29) is 6.10 Å². The Morgan fingerprint density at radius 3 is 2.88 bits per heavy atom. The second-order valence-corrected chi connectivity index (χ2v) is 6.25. The molecule has 0 unspecified atom stereocenters. The van der Waals surface area contributed by atoms with E-state index in [1.54, 1.807) is 16.9 Å². The van der Waals surface area contributed by atoms with Gasteiger partial charge in [0.25, 0.3) is 0 Å². The van der Waals surface area contributed by atoms with Gasteiger partial charge in [-0.1, -0.05) is 23.5 Å². The summed E-state index contributed by atoms with van der Waals surface area (Å²) in [6, 6.07) is 11.4. The van der Waals surface area contributed by atoms with Gasteiger partial charge in [-0.2, -0.15) is 9.61 Å². The van der Waals surface area contributed by atoms with Crippen molar-refractivity contribution < 1.29 is 9.47 Å². The molecule has 0 spiro atoms. The molecule has 1 atom stereocenters. The quantitative estimate of drug-likeness (QED) is 0.560. The minimum Gasteiger partial charge on any atom is -0.485 e. The first-order chi connectivity index (χ1) is 11.9. The Morgan fingerprint density at radius 1 is 1.08 bits per heavy atom. The highest BCUT2D eigenvalue weighted by molar-refractivity contribution is 7.16. The van der Waals surface area contributed by atoms with Crippen molar-refractivity contribution in [2.75, 3.05) is 6.61 Å². The van der Waals surface area contributed by atoms with E-state index >= 15 is 0 Å². The minimum absolute atomic E-state index is 0.256. The van der Waals surface area contributed by atoms with E-state index < -0.39 is 0 Å².